The number of carbonyl (C=O) groups excluding carboxylic acids is 3. The van der Waals surface area contributed by atoms with Gasteiger partial charge in [-0.15, -0.1) is 0 Å². The average Bonchev–Trinajstić information content (AvgIpc) is 2.70. The lowest BCUT2D eigenvalue weighted by atomic mass is 10.1. The maximum Gasteiger partial charge on any atom is 0.253 e. The first-order chi connectivity index (χ1) is 13.8. The van der Waals surface area contributed by atoms with Gasteiger partial charge in [-0.1, -0.05) is 23.7 Å². The fraction of sp³-hybridized carbons (Fsp3) is 0.143. The quantitative estimate of drug-likeness (QED) is 0.578. The van der Waals surface area contributed by atoms with Crippen LogP contribution in [0.1, 0.15) is 32.0 Å². The van der Waals surface area contributed by atoms with Crippen LogP contribution in [-0.4, -0.2) is 29.3 Å². The number of nitrogens with one attached hydrogen (secondary N) is 2. The number of hydrogen-bond acceptors (Lipinski definition) is 4. The molecule has 4 N–H and O–H groups in total. The van der Waals surface area contributed by atoms with E-state index in [4.69, 9.17) is 17.3 Å². The van der Waals surface area contributed by atoms with Crippen molar-refractivity contribution in [3.63, 3.8) is 0 Å². The number of pyridine rings is 1. The van der Waals surface area contributed by atoms with Gasteiger partial charge in [0.15, 0.2) is 0 Å². The summed E-state index contributed by atoms with van der Waals surface area (Å²) in [5.74, 6) is -1.26. The van der Waals surface area contributed by atoms with Crippen LogP contribution < -0.4 is 16.4 Å². The van der Waals surface area contributed by atoms with Gasteiger partial charge in [0.25, 0.3) is 11.8 Å². The predicted octanol–water partition coefficient (Wildman–Crippen LogP) is 2.34. The highest BCUT2D eigenvalue weighted by atomic mass is 35.5. The number of halogens is 1. The zero-order valence-electron chi connectivity index (χ0n) is 15.7. The van der Waals surface area contributed by atoms with Crippen LogP contribution in [0.2, 0.25) is 5.02 Å². The van der Waals surface area contributed by atoms with Crippen molar-refractivity contribution < 1.29 is 14.4 Å². The van der Waals surface area contributed by atoms with Gasteiger partial charge in [-0.3, -0.25) is 19.4 Å². The Labute approximate surface area is 172 Å². The second-order valence-corrected chi connectivity index (χ2v) is 6.92. The molecule has 0 spiro atoms. The number of nitrogens with two attached hydrogens (primary N) is 1. The summed E-state index contributed by atoms with van der Waals surface area (Å²) in [5, 5.41) is 6.63. The molecule has 0 saturated heterocycles. The van der Waals surface area contributed by atoms with E-state index < -0.39 is 11.8 Å². The molecule has 3 rings (SSSR count). The third kappa shape index (κ3) is 5.08. The Morgan fingerprint density at radius 3 is 2.41 bits per heavy atom. The van der Waals surface area contributed by atoms with Gasteiger partial charge in [-0.25, -0.2) is 0 Å². The van der Waals surface area contributed by atoms with Gasteiger partial charge >= 0.3 is 0 Å². The van der Waals surface area contributed by atoms with Gasteiger partial charge in [-0.2, -0.15) is 0 Å². The van der Waals surface area contributed by atoms with Crippen LogP contribution in [0.25, 0.3) is 10.9 Å². The fourth-order valence-electron chi connectivity index (χ4n) is 2.79. The third-order valence-corrected chi connectivity index (χ3v) is 4.54. The molecule has 3 aromatic rings. The van der Waals surface area contributed by atoms with Crippen molar-refractivity contribution >= 4 is 40.2 Å². The molecule has 0 aliphatic rings. The molecular weight excluding hydrogens is 392 g/mol. The highest BCUT2D eigenvalue weighted by Crippen LogP contribution is 2.20. The zero-order valence-corrected chi connectivity index (χ0v) is 16.4. The minimum Gasteiger partial charge on any atom is -0.368 e. The van der Waals surface area contributed by atoms with E-state index in [0.29, 0.717) is 21.8 Å². The highest BCUT2D eigenvalue weighted by molar-refractivity contribution is 6.31. The molecule has 29 heavy (non-hydrogen) atoms. The molecule has 7 nitrogen and oxygen atoms in total. The van der Waals surface area contributed by atoms with Crippen molar-refractivity contribution in [2.75, 3.05) is 6.54 Å². The number of hydrogen-bond donors (Lipinski definition) is 3. The first-order valence-electron chi connectivity index (χ1n) is 8.84. The lowest BCUT2D eigenvalue weighted by molar-refractivity contribution is -0.117. The van der Waals surface area contributed by atoms with Gasteiger partial charge in [0.1, 0.15) is 0 Å². The number of aryl methyl sites for hydroxylation is 1. The topological polar surface area (TPSA) is 114 Å². The number of primary amides is 1. The van der Waals surface area contributed by atoms with Gasteiger partial charge in [0.05, 0.1) is 23.3 Å². The van der Waals surface area contributed by atoms with Gasteiger partial charge in [-0.05, 0) is 48.9 Å². The van der Waals surface area contributed by atoms with E-state index in [1.165, 1.54) is 0 Å². The molecule has 148 valence electrons. The van der Waals surface area contributed by atoms with Gasteiger partial charge in [0, 0.05) is 22.5 Å². The highest BCUT2D eigenvalue weighted by Gasteiger charge is 2.12. The number of rotatable bonds is 6. The Morgan fingerprint density at radius 1 is 1.00 bits per heavy atom. The lowest BCUT2D eigenvalue weighted by Crippen LogP contribution is -2.33. The number of benzene rings is 2. The Bertz CT molecular complexity index is 1100. The summed E-state index contributed by atoms with van der Waals surface area (Å²) in [6.45, 7) is 1.85. The molecule has 0 unspecified atom stereocenters. The summed E-state index contributed by atoms with van der Waals surface area (Å²) in [4.78, 5) is 39.7. The Balaban J connectivity index is 1.66. The summed E-state index contributed by atoms with van der Waals surface area (Å²) in [5.41, 5.74) is 8.09. The van der Waals surface area contributed by atoms with Crippen molar-refractivity contribution in [3.8, 4) is 0 Å². The van der Waals surface area contributed by atoms with Crippen LogP contribution in [0, 0.1) is 6.92 Å². The first kappa shape index (κ1) is 20.3. The summed E-state index contributed by atoms with van der Waals surface area (Å²) < 4.78 is 0. The second-order valence-electron chi connectivity index (χ2n) is 6.49. The maximum absolute atomic E-state index is 12.6. The van der Waals surface area contributed by atoms with E-state index in [1.54, 1.807) is 49.4 Å². The van der Waals surface area contributed by atoms with E-state index in [1.807, 2.05) is 6.07 Å². The van der Waals surface area contributed by atoms with E-state index in [-0.39, 0.29) is 19.0 Å². The standard InChI is InChI=1S/C21H19ClN4O3/c1-12-17(9-15-8-16(22)6-7-18(15)26-12)21(29)24-10-13-2-4-14(5-3-13)20(28)25-11-19(23)27/h2-9H,10-11H2,1H3,(H2,23,27)(H,24,29)(H,25,28). The second kappa shape index (κ2) is 8.70. The molecule has 0 fully saturated rings. The largest absolute Gasteiger partial charge is 0.368 e. The number of nitrogens with zero attached hydrogens (tertiary/aromatic N) is 1. The van der Waals surface area contributed by atoms with Crippen LogP contribution in [-0.2, 0) is 11.3 Å². The molecule has 2 aromatic carbocycles. The molecule has 0 saturated carbocycles. The van der Waals surface area contributed by atoms with Crippen molar-refractivity contribution in [1.82, 2.24) is 15.6 Å². The Morgan fingerprint density at radius 2 is 1.72 bits per heavy atom. The van der Waals surface area contributed by atoms with Crippen molar-refractivity contribution in [2.45, 2.75) is 13.5 Å². The molecule has 3 amide bonds. The summed E-state index contributed by atoms with van der Waals surface area (Å²) in [6.07, 6.45) is 0. The SMILES string of the molecule is Cc1nc2ccc(Cl)cc2cc1C(=O)NCc1ccc(C(=O)NCC(N)=O)cc1. The number of carbonyl (C=O) groups is 3. The van der Waals surface area contributed by atoms with E-state index in [0.717, 1.165) is 16.5 Å². The Kier molecular flexibility index (Phi) is 6.09. The number of fused-ring (bicyclic) bond motifs is 1. The number of aromatic nitrogens is 1. The monoisotopic (exact) mass is 410 g/mol. The van der Waals surface area contributed by atoms with Crippen LogP contribution in [0.4, 0.5) is 0 Å². The van der Waals surface area contributed by atoms with Crippen LogP contribution >= 0.6 is 11.6 Å². The average molecular weight is 411 g/mol. The first-order valence-corrected chi connectivity index (χ1v) is 9.22. The van der Waals surface area contributed by atoms with E-state index in [2.05, 4.69) is 15.6 Å². The molecule has 0 atom stereocenters. The molecule has 0 bridgehead atoms. The van der Waals surface area contributed by atoms with Crippen molar-refractivity contribution in [1.29, 1.82) is 0 Å². The normalized spacial score (nSPS) is 10.6. The molecule has 0 aliphatic heterocycles. The van der Waals surface area contributed by atoms with E-state index in [9.17, 15) is 14.4 Å². The minimum atomic E-state index is -0.613. The summed E-state index contributed by atoms with van der Waals surface area (Å²) in [7, 11) is 0. The third-order valence-electron chi connectivity index (χ3n) is 4.30. The molecular formula is C21H19ClN4O3. The van der Waals surface area contributed by atoms with E-state index >= 15 is 0 Å². The maximum atomic E-state index is 12.6. The smallest absolute Gasteiger partial charge is 0.253 e. The minimum absolute atomic E-state index is 0.221. The van der Waals surface area contributed by atoms with Crippen LogP contribution in [0.5, 0.6) is 0 Å². The molecule has 1 heterocycles. The molecule has 0 radical (unpaired) electrons. The Hall–Kier alpha value is -3.45. The fourth-order valence-corrected chi connectivity index (χ4v) is 2.98. The van der Waals surface area contributed by atoms with Crippen molar-refractivity contribution in [3.05, 3.63) is 75.9 Å². The zero-order chi connectivity index (χ0) is 21.0. The van der Waals surface area contributed by atoms with Crippen LogP contribution in [0.15, 0.2) is 48.5 Å². The van der Waals surface area contributed by atoms with Gasteiger partial charge in [0.2, 0.25) is 5.91 Å². The summed E-state index contributed by atoms with van der Waals surface area (Å²) in [6, 6.07) is 13.8. The lowest BCUT2D eigenvalue weighted by Gasteiger charge is -2.10. The van der Waals surface area contributed by atoms with Gasteiger partial charge < -0.3 is 16.4 Å². The summed E-state index contributed by atoms with van der Waals surface area (Å²) >= 11 is 6.02. The van der Waals surface area contributed by atoms with Crippen molar-refractivity contribution in [2.24, 2.45) is 5.73 Å². The molecule has 8 heteroatoms. The molecule has 1 aromatic heterocycles. The number of amides is 3. The van der Waals surface area contributed by atoms with Crippen LogP contribution in [0.3, 0.4) is 0 Å². The molecule has 0 aliphatic carbocycles. The predicted molar refractivity (Wildman–Crippen MR) is 111 cm³/mol.